The number of alkyl carbamates (subject to hydrolysis) is 1. The van der Waals surface area contributed by atoms with Crippen LogP contribution in [-0.4, -0.2) is 46.4 Å². The number of carbonyl (C=O) groups is 4. The highest BCUT2D eigenvalue weighted by Gasteiger charge is 2.38. The topological polar surface area (TPSA) is 131 Å². The first-order valence-corrected chi connectivity index (χ1v) is 13.8. The van der Waals surface area contributed by atoms with Gasteiger partial charge in [-0.3, -0.25) is 14.4 Å². The maximum Gasteiger partial charge on any atom is 0.408 e. The molecule has 0 spiro atoms. The lowest BCUT2D eigenvalue weighted by Gasteiger charge is -2.37. The molecule has 0 aliphatic rings. The molecule has 9 nitrogen and oxygen atoms in total. The maximum absolute atomic E-state index is 14.1. The fourth-order valence-electron chi connectivity index (χ4n) is 4.21. The van der Waals surface area contributed by atoms with Gasteiger partial charge in [0.05, 0.1) is 10.7 Å². The molecule has 4 amide bonds. The van der Waals surface area contributed by atoms with E-state index in [4.69, 9.17) is 22.1 Å². The standard InChI is InChI=1S/C30H41ClN4O5/c1-8-20-12-14-21(15-13-20)26(27(37)34-25-19(4)10-9-11-22(25)31)35(18(2)3)28(38)23(16-17-24(32)36)33-29(39)40-30(5,6)7/h9-15,18,23,26H,8,16-17H2,1-7H3,(H2,32,36)(H,33,39)(H,34,37). The third-order valence-electron chi connectivity index (χ3n) is 6.18. The van der Waals surface area contributed by atoms with Gasteiger partial charge >= 0.3 is 6.09 Å². The summed E-state index contributed by atoms with van der Waals surface area (Å²) in [5, 5.41) is 5.85. The number of ether oxygens (including phenoxy) is 1. The van der Waals surface area contributed by atoms with Crippen molar-refractivity contribution in [1.29, 1.82) is 0 Å². The minimum atomic E-state index is -1.17. The smallest absolute Gasteiger partial charge is 0.408 e. The normalized spacial score (nSPS) is 12.8. The largest absolute Gasteiger partial charge is 0.444 e. The third kappa shape index (κ3) is 9.26. The van der Waals surface area contributed by atoms with E-state index in [2.05, 4.69) is 10.6 Å². The Bertz CT molecular complexity index is 1190. The number of amides is 4. The van der Waals surface area contributed by atoms with Crippen LogP contribution in [0, 0.1) is 6.92 Å². The molecular formula is C30H41ClN4O5. The zero-order valence-corrected chi connectivity index (χ0v) is 25.1. The van der Waals surface area contributed by atoms with E-state index in [0.29, 0.717) is 16.3 Å². The van der Waals surface area contributed by atoms with Crippen LogP contribution >= 0.6 is 11.6 Å². The van der Waals surface area contributed by atoms with Crippen molar-refractivity contribution in [3.05, 3.63) is 64.2 Å². The number of aryl methyl sites for hydroxylation is 2. The fraction of sp³-hybridized carbons (Fsp3) is 0.467. The summed E-state index contributed by atoms with van der Waals surface area (Å²) in [6.07, 6.45) is -0.237. The molecule has 218 valence electrons. The summed E-state index contributed by atoms with van der Waals surface area (Å²) in [7, 11) is 0. The van der Waals surface area contributed by atoms with Crippen LogP contribution in [0.5, 0.6) is 0 Å². The van der Waals surface area contributed by atoms with Crippen LogP contribution in [-0.2, 0) is 25.5 Å². The number of benzene rings is 2. The van der Waals surface area contributed by atoms with Gasteiger partial charge in [-0.2, -0.15) is 0 Å². The van der Waals surface area contributed by atoms with Crippen LogP contribution in [0.1, 0.15) is 77.1 Å². The van der Waals surface area contributed by atoms with Gasteiger partial charge in [-0.25, -0.2) is 4.79 Å². The molecule has 10 heteroatoms. The van der Waals surface area contributed by atoms with Crippen molar-refractivity contribution >= 4 is 41.1 Å². The number of anilines is 1. The third-order valence-corrected chi connectivity index (χ3v) is 6.49. The first-order valence-electron chi connectivity index (χ1n) is 13.4. The van der Waals surface area contributed by atoms with Crippen molar-refractivity contribution in [2.75, 3.05) is 5.32 Å². The van der Waals surface area contributed by atoms with Crippen molar-refractivity contribution in [2.24, 2.45) is 5.73 Å². The molecule has 0 aliphatic carbocycles. The lowest BCUT2D eigenvalue weighted by atomic mass is 9.98. The molecule has 2 unspecified atom stereocenters. The molecule has 0 fully saturated rings. The van der Waals surface area contributed by atoms with E-state index in [1.807, 2.05) is 44.2 Å². The van der Waals surface area contributed by atoms with Gasteiger partial charge in [-0.05, 0) is 77.1 Å². The van der Waals surface area contributed by atoms with Gasteiger partial charge in [0.2, 0.25) is 11.8 Å². The van der Waals surface area contributed by atoms with Crippen molar-refractivity contribution < 1.29 is 23.9 Å². The van der Waals surface area contributed by atoms with Gasteiger partial charge in [-0.15, -0.1) is 0 Å². The molecule has 0 bridgehead atoms. The Labute approximate surface area is 241 Å². The highest BCUT2D eigenvalue weighted by Crippen LogP contribution is 2.31. The average molecular weight is 573 g/mol. The van der Waals surface area contributed by atoms with Gasteiger partial charge in [0.1, 0.15) is 17.7 Å². The molecule has 0 saturated carbocycles. The number of halogens is 1. The summed E-state index contributed by atoms with van der Waals surface area (Å²) in [6, 6.07) is 9.99. The Hall–Kier alpha value is -3.59. The fourth-order valence-corrected chi connectivity index (χ4v) is 4.48. The minimum absolute atomic E-state index is 0.0661. The van der Waals surface area contributed by atoms with E-state index in [0.717, 1.165) is 17.5 Å². The van der Waals surface area contributed by atoms with E-state index in [1.54, 1.807) is 46.8 Å². The summed E-state index contributed by atoms with van der Waals surface area (Å²) < 4.78 is 5.36. The van der Waals surface area contributed by atoms with E-state index in [9.17, 15) is 19.2 Å². The molecule has 2 atom stereocenters. The van der Waals surface area contributed by atoms with E-state index in [1.165, 1.54) is 4.90 Å². The van der Waals surface area contributed by atoms with Gasteiger partial charge in [0.15, 0.2) is 0 Å². The first-order chi connectivity index (χ1) is 18.6. The zero-order valence-electron chi connectivity index (χ0n) is 24.3. The van der Waals surface area contributed by atoms with Crippen molar-refractivity contribution in [2.45, 2.75) is 91.5 Å². The second-order valence-electron chi connectivity index (χ2n) is 11.0. The molecule has 0 radical (unpaired) electrons. The van der Waals surface area contributed by atoms with Gasteiger partial charge < -0.3 is 26.0 Å². The number of nitrogens with two attached hydrogens (primary N) is 1. The number of nitrogens with one attached hydrogen (secondary N) is 2. The highest BCUT2D eigenvalue weighted by molar-refractivity contribution is 6.34. The van der Waals surface area contributed by atoms with Crippen molar-refractivity contribution in [3.63, 3.8) is 0 Å². The molecule has 0 aliphatic heterocycles. The summed E-state index contributed by atoms with van der Waals surface area (Å²) in [5.41, 5.74) is 7.40. The zero-order chi connectivity index (χ0) is 30.2. The monoisotopic (exact) mass is 572 g/mol. The molecule has 0 saturated heterocycles. The van der Waals surface area contributed by atoms with Crippen molar-refractivity contribution in [3.8, 4) is 0 Å². The number of carbonyl (C=O) groups excluding carboxylic acids is 4. The summed E-state index contributed by atoms with van der Waals surface area (Å²) in [4.78, 5) is 53.8. The van der Waals surface area contributed by atoms with Crippen molar-refractivity contribution in [1.82, 2.24) is 10.2 Å². The maximum atomic E-state index is 14.1. The molecular weight excluding hydrogens is 532 g/mol. The molecule has 0 aromatic heterocycles. The SMILES string of the molecule is CCc1ccc(C(C(=O)Nc2c(C)cccc2Cl)N(C(=O)C(CCC(N)=O)NC(=O)OC(C)(C)C)C(C)C)cc1. The van der Waals surface area contributed by atoms with Gasteiger partial charge in [0, 0.05) is 12.5 Å². The minimum Gasteiger partial charge on any atom is -0.444 e. The molecule has 40 heavy (non-hydrogen) atoms. The number of rotatable bonds is 11. The quantitative estimate of drug-likeness (QED) is 0.337. The molecule has 2 aromatic rings. The van der Waals surface area contributed by atoms with Crippen LogP contribution in [0.2, 0.25) is 5.02 Å². The van der Waals surface area contributed by atoms with Crippen LogP contribution in [0.25, 0.3) is 0 Å². The Morgan fingerprint density at radius 2 is 1.68 bits per heavy atom. The molecule has 4 N–H and O–H groups in total. The second kappa shape index (κ2) is 14.2. The Kier molecular flexibility index (Phi) is 11.5. The molecule has 2 aromatic carbocycles. The van der Waals surface area contributed by atoms with E-state index in [-0.39, 0.29) is 12.8 Å². The predicted octanol–water partition coefficient (Wildman–Crippen LogP) is 5.29. The van der Waals surface area contributed by atoms with Gasteiger partial charge in [0.25, 0.3) is 5.91 Å². The van der Waals surface area contributed by atoms with E-state index < -0.39 is 47.5 Å². The summed E-state index contributed by atoms with van der Waals surface area (Å²) >= 11 is 6.40. The summed E-state index contributed by atoms with van der Waals surface area (Å²) in [5.74, 6) is -1.66. The predicted molar refractivity (Wildman–Crippen MR) is 157 cm³/mol. The van der Waals surface area contributed by atoms with E-state index >= 15 is 0 Å². The van der Waals surface area contributed by atoms with Crippen LogP contribution in [0.15, 0.2) is 42.5 Å². The second-order valence-corrected chi connectivity index (χ2v) is 11.4. The lowest BCUT2D eigenvalue weighted by Crippen LogP contribution is -2.54. The lowest BCUT2D eigenvalue weighted by molar-refractivity contribution is -0.143. The highest BCUT2D eigenvalue weighted by atomic mass is 35.5. The number of hydrogen-bond donors (Lipinski definition) is 3. The first kappa shape index (κ1) is 32.6. The number of primary amides is 1. The van der Waals surface area contributed by atoms with Crippen LogP contribution in [0.3, 0.4) is 0 Å². The van der Waals surface area contributed by atoms with Crippen LogP contribution in [0.4, 0.5) is 10.5 Å². The summed E-state index contributed by atoms with van der Waals surface area (Å²) in [6.45, 7) is 12.5. The number of para-hydroxylation sites is 1. The number of nitrogens with zero attached hydrogens (tertiary/aromatic N) is 1. The van der Waals surface area contributed by atoms with Crippen LogP contribution < -0.4 is 16.4 Å². The Balaban J connectivity index is 2.57. The average Bonchev–Trinajstić information content (AvgIpc) is 2.85. The molecule has 2 rings (SSSR count). The molecule has 0 heterocycles. The number of hydrogen-bond acceptors (Lipinski definition) is 5. The Morgan fingerprint density at radius 3 is 2.17 bits per heavy atom. The van der Waals surface area contributed by atoms with Gasteiger partial charge in [-0.1, -0.05) is 54.9 Å². The Morgan fingerprint density at radius 1 is 1.05 bits per heavy atom.